The number of aliphatic carboxylic acids is 1. The number of nitrogens with two attached hydrogens (primary N) is 1. The first-order chi connectivity index (χ1) is 8.83. The molecule has 0 bridgehead atoms. The third-order valence-electron chi connectivity index (χ3n) is 3.75. The number of primary amides is 1. The Morgan fingerprint density at radius 1 is 1.42 bits per heavy atom. The van der Waals surface area contributed by atoms with Crippen LogP contribution in [-0.2, 0) is 4.79 Å². The number of benzene rings is 1. The van der Waals surface area contributed by atoms with E-state index in [9.17, 15) is 14.7 Å². The molecule has 0 saturated carbocycles. The number of carbonyl (C=O) groups is 2. The molecule has 5 heteroatoms. The van der Waals surface area contributed by atoms with E-state index in [0.29, 0.717) is 25.1 Å². The van der Waals surface area contributed by atoms with Gasteiger partial charge in [-0.1, -0.05) is 6.07 Å². The second-order valence-electron chi connectivity index (χ2n) is 5.42. The van der Waals surface area contributed by atoms with Gasteiger partial charge in [-0.15, -0.1) is 0 Å². The topological polar surface area (TPSA) is 83.6 Å². The van der Waals surface area contributed by atoms with Gasteiger partial charge in [0.05, 0.1) is 11.0 Å². The zero-order valence-electron chi connectivity index (χ0n) is 11.1. The molecule has 0 aromatic heterocycles. The van der Waals surface area contributed by atoms with Crippen LogP contribution in [-0.4, -0.2) is 30.1 Å². The van der Waals surface area contributed by atoms with Crippen LogP contribution in [0.25, 0.3) is 0 Å². The average molecular weight is 262 g/mol. The molecular formula is C14H18N2O3. The van der Waals surface area contributed by atoms with Gasteiger partial charge in [-0.2, -0.15) is 0 Å². The lowest BCUT2D eigenvalue weighted by molar-refractivity contribution is -0.146. The summed E-state index contributed by atoms with van der Waals surface area (Å²) in [6, 6.07) is 5.41. The molecule has 19 heavy (non-hydrogen) atoms. The Bertz CT molecular complexity index is 541. The molecule has 2 rings (SSSR count). The molecule has 5 nitrogen and oxygen atoms in total. The van der Waals surface area contributed by atoms with Gasteiger partial charge >= 0.3 is 5.97 Å². The molecule has 1 aromatic carbocycles. The molecule has 0 aliphatic carbocycles. The van der Waals surface area contributed by atoms with Gasteiger partial charge in [-0.05, 0) is 38.0 Å². The van der Waals surface area contributed by atoms with Crippen LogP contribution in [0.15, 0.2) is 18.2 Å². The van der Waals surface area contributed by atoms with Crippen molar-refractivity contribution in [3.8, 4) is 0 Å². The minimum atomic E-state index is -0.803. The molecule has 1 aliphatic heterocycles. The number of hydrogen-bond acceptors (Lipinski definition) is 3. The number of hydrogen-bond donors (Lipinski definition) is 2. The van der Waals surface area contributed by atoms with Crippen molar-refractivity contribution in [2.24, 2.45) is 11.1 Å². The molecule has 0 radical (unpaired) electrons. The lowest BCUT2D eigenvalue weighted by atomic mass is 9.90. The Kier molecular flexibility index (Phi) is 3.22. The summed E-state index contributed by atoms with van der Waals surface area (Å²) in [5.74, 6) is -1.29. The number of nitrogens with zero attached hydrogens (tertiary/aromatic N) is 1. The van der Waals surface area contributed by atoms with Crippen LogP contribution in [0.5, 0.6) is 0 Å². The van der Waals surface area contributed by atoms with E-state index in [1.54, 1.807) is 13.0 Å². The Morgan fingerprint density at radius 3 is 2.63 bits per heavy atom. The maximum atomic E-state index is 11.5. The van der Waals surface area contributed by atoms with Crippen molar-refractivity contribution < 1.29 is 14.7 Å². The Hall–Kier alpha value is -2.04. The van der Waals surface area contributed by atoms with Crippen LogP contribution in [0.4, 0.5) is 5.69 Å². The fourth-order valence-corrected chi connectivity index (χ4v) is 2.45. The van der Waals surface area contributed by atoms with E-state index in [2.05, 4.69) is 0 Å². The van der Waals surface area contributed by atoms with Gasteiger partial charge in [0.1, 0.15) is 0 Å². The number of carbonyl (C=O) groups excluding carboxylic acids is 1. The smallest absolute Gasteiger partial charge is 0.311 e. The molecule has 3 N–H and O–H groups in total. The highest BCUT2D eigenvalue weighted by Crippen LogP contribution is 2.35. The minimum absolute atomic E-state index is 0.395. The number of amides is 1. The second-order valence-corrected chi connectivity index (χ2v) is 5.42. The Balaban J connectivity index is 2.36. The van der Waals surface area contributed by atoms with Crippen molar-refractivity contribution in [2.45, 2.75) is 20.3 Å². The van der Waals surface area contributed by atoms with Gasteiger partial charge in [-0.3, -0.25) is 9.59 Å². The lowest BCUT2D eigenvalue weighted by Gasteiger charge is -2.23. The third-order valence-corrected chi connectivity index (χ3v) is 3.75. The molecular weight excluding hydrogens is 244 g/mol. The molecule has 1 saturated heterocycles. The molecule has 1 heterocycles. The first-order valence-corrected chi connectivity index (χ1v) is 6.22. The van der Waals surface area contributed by atoms with E-state index in [0.717, 1.165) is 11.3 Å². The molecule has 1 amide bonds. The number of carboxylic acids is 1. The van der Waals surface area contributed by atoms with Crippen molar-refractivity contribution in [3.05, 3.63) is 29.3 Å². The number of rotatable bonds is 3. The largest absolute Gasteiger partial charge is 0.481 e. The maximum Gasteiger partial charge on any atom is 0.311 e. The summed E-state index contributed by atoms with van der Waals surface area (Å²) < 4.78 is 0. The number of carboxylic acid groups (broad SMARTS) is 1. The first kappa shape index (κ1) is 13.4. The molecule has 1 fully saturated rings. The van der Waals surface area contributed by atoms with E-state index >= 15 is 0 Å². The van der Waals surface area contributed by atoms with Crippen LogP contribution in [0.2, 0.25) is 0 Å². The van der Waals surface area contributed by atoms with Gasteiger partial charge in [0, 0.05) is 18.8 Å². The van der Waals surface area contributed by atoms with E-state index in [1.165, 1.54) is 0 Å². The fourth-order valence-electron chi connectivity index (χ4n) is 2.45. The number of aryl methyl sites for hydroxylation is 1. The van der Waals surface area contributed by atoms with Crippen LogP contribution in [0.1, 0.15) is 29.3 Å². The van der Waals surface area contributed by atoms with Crippen LogP contribution >= 0.6 is 0 Å². The predicted molar refractivity (Wildman–Crippen MR) is 72.3 cm³/mol. The van der Waals surface area contributed by atoms with Crippen LogP contribution in [0, 0.1) is 12.3 Å². The molecule has 1 unspecified atom stereocenters. The zero-order chi connectivity index (χ0) is 14.2. The molecule has 1 atom stereocenters. The quantitative estimate of drug-likeness (QED) is 0.862. The lowest BCUT2D eigenvalue weighted by Crippen LogP contribution is -2.32. The van der Waals surface area contributed by atoms with Gasteiger partial charge in [0.2, 0.25) is 0 Å². The predicted octanol–water partition coefficient (Wildman–Crippen LogP) is 1.39. The van der Waals surface area contributed by atoms with Gasteiger partial charge in [-0.25, -0.2) is 0 Å². The van der Waals surface area contributed by atoms with Gasteiger partial charge in [0.15, 0.2) is 0 Å². The van der Waals surface area contributed by atoms with Crippen molar-refractivity contribution in [2.75, 3.05) is 18.0 Å². The third kappa shape index (κ3) is 2.41. The summed E-state index contributed by atoms with van der Waals surface area (Å²) in [7, 11) is 0. The Morgan fingerprint density at radius 2 is 2.11 bits per heavy atom. The molecule has 0 spiro atoms. The first-order valence-electron chi connectivity index (χ1n) is 6.22. The average Bonchev–Trinajstić information content (AvgIpc) is 2.73. The van der Waals surface area contributed by atoms with Crippen molar-refractivity contribution in [3.63, 3.8) is 0 Å². The summed E-state index contributed by atoms with van der Waals surface area (Å²) in [5.41, 5.74) is 6.81. The Labute approximate surface area is 112 Å². The summed E-state index contributed by atoms with van der Waals surface area (Å²) in [5, 5.41) is 9.25. The second kappa shape index (κ2) is 4.57. The SMILES string of the molecule is Cc1ccc(C(N)=O)c(N2CCC(C)(C(=O)O)C2)c1. The van der Waals surface area contributed by atoms with Crippen molar-refractivity contribution >= 4 is 17.6 Å². The fraction of sp³-hybridized carbons (Fsp3) is 0.429. The van der Waals surface area contributed by atoms with Crippen molar-refractivity contribution in [1.82, 2.24) is 0 Å². The molecule has 102 valence electrons. The van der Waals surface area contributed by atoms with Crippen molar-refractivity contribution in [1.29, 1.82) is 0 Å². The summed E-state index contributed by atoms with van der Waals surface area (Å²) in [6.45, 7) is 4.68. The number of anilines is 1. The van der Waals surface area contributed by atoms with Gasteiger partial charge < -0.3 is 15.7 Å². The van der Waals surface area contributed by atoms with E-state index < -0.39 is 17.3 Å². The maximum absolute atomic E-state index is 11.5. The molecule has 1 aromatic rings. The summed E-state index contributed by atoms with van der Waals surface area (Å²) in [6.07, 6.45) is 0.564. The van der Waals surface area contributed by atoms with E-state index in [1.807, 2.05) is 24.0 Å². The monoisotopic (exact) mass is 262 g/mol. The highest BCUT2D eigenvalue weighted by molar-refractivity contribution is 5.99. The molecule has 1 aliphatic rings. The van der Waals surface area contributed by atoms with E-state index in [4.69, 9.17) is 5.73 Å². The zero-order valence-corrected chi connectivity index (χ0v) is 11.1. The van der Waals surface area contributed by atoms with Crippen LogP contribution < -0.4 is 10.6 Å². The van der Waals surface area contributed by atoms with E-state index in [-0.39, 0.29) is 0 Å². The van der Waals surface area contributed by atoms with Gasteiger partial charge in [0.25, 0.3) is 5.91 Å². The summed E-state index contributed by atoms with van der Waals surface area (Å²) in [4.78, 5) is 24.7. The standard InChI is InChI=1S/C14H18N2O3/c1-9-3-4-10(12(15)17)11(7-9)16-6-5-14(2,8-16)13(18)19/h3-4,7H,5-6,8H2,1-2H3,(H2,15,17)(H,18,19). The van der Waals surface area contributed by atoms with Crippen LogP contribution in [0.3, 0.4) is 0 Å². The highest BCUT2D eigenvalue weighted by atomic mass is 16.4. The normalized spacial score (nSPS) is 22.5. The minimum Gasteiger partial charge on any atom is -0.481 e. The summed E-state index contributed by atoms with van der Waals surface area (Å²) >= 11 is 0. The highest BCUT2D eigenvalue weighted by Gasteiger charge is 2.41.